The summed E-state index contributed by atoms with van der Waals surface area (Å²) in [6.45, 7) is 5.82. The molecule has 1 saturated heterocycles. The molecule has 0 aliphatic carbocycles. The van der Waals surface area contributed by atoms with Crippen LogP contribution in [0.15, 0.2) is 24.3 Å². The molecule has 2 atom stereocenters. The molecule has 2 unspecified atom stereocenters. The van der Waals surface area contributed by atoms with E-state index in [9.17, 15) is 4.79 Å². The summed E-state index contributed by atoms with van der Waals surface area (Å²) in [5, 5.41) is 3.39. The molecule has 0 spiro atoms. The second-order valence-corrected chi connectivity index (χ2v) is 6.33. The number of rotatable bonds is 1. The van der Waals surface area contributed by atoms with Crippen LogP contribution in [-0.2, 0) is 17.8 Å². The van der Waals surface area contributed by atoms with Gasteiger partial charge < -0.3 is 10.2 Å². The second-order valence-electron chi connectivity index (χ2n) is 6.33. The molecule has 1 N–H and O–H groups in total. The lowest BCUT2D eigenvalue weighted by Crippen LogP contribution is -2.45. The van der Waals surface area contributed by atoms with Crippen molar-refractivity contribution in [1.82, 2.24) is 10.2 Å². The fraction of sp³-hybridized carbons (Fsp3) is 0.588. The third-order valence-electron chi connectivity index (χ3n) is 4.59. The van der Waals surface area contributed by atoms with Gasteiger partial charge in [-0.05, 0) is 42.9 Å². The Labute approximate surface area is 121 Å². The first-order valence-corrected chi connectivity index (χ1v) is 7.80. The lowest BCUT2D eigenvalue weighted by Gasteiger charge is -2.31. The Morgan fingerprint density at radius 1 is 1.25 bits per heavy atom. The summed E-state index contributed by atoms with van der Waals surface area (Å²) in [5.41, 5.74) is 2.74. The van der Waals surface area contributed by atoms with Gasteiger partial charge in [-0.1, -0.05) is 31.2 Å². The fourth-order valence-corrected chi connectivity index (χ4v) is 3.49. The van der Waals surface area contributed by atoms with Crippen molar-refractivity contribution in [2.24, 2.45) is 11.8 Å². The van der Waals surface area contributed by atoms with Gasteiger partial charge in [0.25, 0.3) is 0 Å². The molecule has 0 bridgehead atoms. The van der Waals surface area contributed by atoms with Crippen molar-refractivity contribution in [2.45, 2.75) is 32.7 Å². The Morgan fingerprint density at radius 3 is 2.85 bits per heavy atom. The normalized spacial score (nSPS) is 26.8. The van der Waals surface area contributed by atoms with Crippen LogP contribution in [0.2, 0.25) is 0 Å². The molecule has 2 aliphatic heterocycles. The molecular weight excluding hydrogens is 248 g/mol. The number of nitrogens with zero attached hydrogens (tertiary/aromatic N) is 1. The SMILES string of the molecule is CC1CNCC(C(=O)N2CCCc3ccccc3C2)C1. The first kappa shape index (κ1) is 13.6. The Bertz CT molecular complexity index is 486. The third-order valence-corrected chi connectivity index (χ3v) is 4.59. The van der Waals surface area contributed by atoms with Gasteiger partial charge in [-0.3, -0.25) is 4.79 Å². The van der Waals surface area contributed by atoms with Crippen LogP contribution in [-0.4, -0.2) is 30.4 Å². The summed E-state index contributed by atoms with van der Waals surface area (Å²) in [4.78, 5) is 14.8. The van der Waals surface area contributed by atoms with Crippen molar-refractivity contribution in [3.8, 4) is 0 Å². The maximum atomic E-state index is 12.7. The minimum atomic E-state index is 0.170. The minimum absolute atomic E-state index is 0.170. The molecule has 2 aliphatic rings. The van der Waals surface area contributed by atoms with Gasteiger partial charge in [0, 0.05) is 19.6 Å². The Morgan fingerprint density at radius 2 is 2.05 bits per heavy atom. The van der Waals surface area contributed by atoms with E-state index in [4.69, 9.17) is 0 Å². The number of fused-ring (bicyclic) bond motifs is 1. The zero-order chi connectivity index (χ0) is 13.9. The van der Waals surface area contributed by atoms with E-state index in [0.717, 1.165) is 45.4 Å². The highest BCUT2D eigenvalue weighted by atomic mass is 16.2. The highest BCUT2D eigenvalue weighted by Gasteiger charge is 2.29. The number of amides is 1. The zero-order valence-corrected chi connectivity index (χ0v) is 12.3. The maximum absolute atomic E-state index is 12.7. The fourth-order valence-electron chi connectivity index (χ4n) is 3.49. The van der Waals surface area contributed by atoms with Gasteiger partial charge >= 0.3 is 0 Å². The van der Waals surface area contributed by atoms with Gasteiger partial charge in [0.2, 0.25) is 5.91 Å². The van der Waals surface area contributed by atoms with Gasteiger partial charge in [-0.25, -0.2) is 0 Å². The van der Waals surface area contributed by atoms with E-state index >= 15 is 0 Å². The van der Waals surface area contributed by atoms with Crippen LogP contribution >= 0.6 is 0 Å². The smallest absolute Gasteiger partial charge is 0.227 e. The molecule has 3 heteroatoms. The predicted octanol–water partition coefficient (Wildman–Crippen LogP) is 2.21. The van der Waals surface area contributed by atoms with E-state index in [-0.39, 0.29) is 5.92 Å². The highest BCUT2D eigenvalue weighted by molar-refractivity contribution is 5.79. The molecule has 3 rings (SSSR count). The number of piperidine rings is 1. The Hall–Kier alpha value is -1.35. The molecular formula is C17H24N2O. The average Bonchev–Trinajstić information content (AvgIpc) is 2.68. The minimum Gasteiger partial charge on any atom is -0.338 e. The van der Waals surface area contributed by atoms with Gasteiger partial charge in [-0.15, -0.1) is 0 Å². The standard InChI is InChI=1S/C17H24N2O/c1-13-9-16(11-18-10-13)17(20)19-8-4-7-14-5-2-3-6-15(14)12-19/h2-3,5-6,13,16,18H,4,7-12H2,1H3. The van der Waals surface area contributed by atoms with E-state index in [2.05, 4.69) is 41.4 Å². The molecule has 20 heavy (non-hydrogen) atoms. The number of aryl methyl sites for hydroxylation is 1. The monoisotopic (exact) mass is 272 g/mol. The van der Waals surface area contributed by atoms with Gasteiger partial charge in [0.05, 0.1) is 5.92 Å². The molecule has 3 nitrogen and oxygen atoms in total. The highest BCUT2D eigenvalue weighted by Crippen LogP contribution is 2.23. The largest absolute Gasteiger partial charge is 0.338 e. The van der Waals surface area contributed by atoms with Crippen LogP contribution < -0.4 is 5.32 Å². The number of carbonyl (C=O) groups is 1. The first-order valence-electron chi connectivity index (χ1n) is 7.80. The van der Waals surface area contributed by atoms with E-state index in [0.29, 0.717) is 11.8 Å². The van der Waals surface area contributed by atoms with E-state index in [1.165, 1.54) is 11.1 Å². The van der Waals surface area contributed by atoms with Crippen molar-refractivity contribution in [3.63, 3.8) is 0 Å². The van der Waals surface area contributed by atoms with Gasteiger partial charge in [0.1, 0.15) is 0 Å². The maximum Gasteiger partial charge on any atom is 0.227 e. The quantitative estimate of drug-likeness (QED) is 0.850. The molecule has 0 radical (unpaired) electrons. The van der Waals surface area contributed by atoms with E-state index < -0.39 is 0 Å². The summed E-state index contributed by atoms with van der Waals surface area (Å²) in [7, 11) is 0. The van der Waals surface area contributed by atoms with Crippen molar-refractivity contribution in [3.05, 3.63) is 35.4 Å². The van der Waals surface area contributed by atoms with Gasteiger partial charge in [0.15, 0.2) is 0 Å². The number of hydrogen-bond acceptors (Lipinski definition) is 2. The summed E-state index contributed by atoms with van der Waals surface area (Å²) in [6, 6.07) is 8.55. The molecule has 1 aromatic rings. The second kappa shape index (κ2) is 5.96. The number of carbonyl (C=O) groups excluding carboxylic acids is 1. The van der Waals surface area contributed by atoms with Crippen LogP contribution in [0, 0.1) is 11.8 Å². The van der Waals surface area contributed by atoms with Crippen LogP contribution in [0.5, 0.6) is 0 Å². The number of benzene rings is 1. The zero-order valence-electron chi connectivity index (χ0n) is 12.3. The van der Waals surface area contributed by atoms with Crippen molar-refractivity contribution >= 4 is 5.91 Å². The number of nitrogens with one attached hydrogen (secondary N) is 1. The lowest BCUT2D eigenvalue weighted by molar-refractivity contribution is -0.137. The molecule has 2 heterocycles. The summed E-state index contributed by atoms with van der Waals surface area (Å²) < 4.78 is 0. The first-order chi connectivity index (χ1) is 9.74. The third kappa shape index (κ3) is 2.88. The molecule has 1 aromatic carbocycles. The predicted molar refractivity (Wildman–Crippen MR) is 80.3 cm³/mol. The summed E-state index contributed by atoms with van der Waals surface area (Å²) in [6.07, 6.45) is 3.21. The molecule has 0 saturated carbocycles. The topological polar surface area (TPSA) is 32.3 Å². The summed E-state index contributed by atoms with van der Waals surface area (Å²) in [5.74, 6) is 1.13. The molecule has 0 aromatic heterocycles. The molecule has 1 fully saturated rings. The summed E-state index contributed by atoms with van der Waals surface area (Å²) >= 11 is 0. The Kier molecular flexibility index (Phi) is 4.06. The molecule has 108 valence electrons. The van der Waals surface area contributed by atoms with Crippen molar-refractivity contribution in [1.29, 1.82) is 0 Å². The molecule has 1 amide bonds. The number of hydrogen-bond donors (Lipinski definition) is 1. The lowest BCUT2D eigenvalue weighted by atomic mass is 9.90. The Balaban J connectivity index is 1.72. The van der Waals surface area contributed by atoms with E-state index in [1.54, 1.807) is 0 Å². The van der Waals surface area contributed by atoms with Crippen molar-refractivity contribution < 1.29 is 4.79 Å². The van der Waals surface area contributed by atoms with Crippen LogP contribution in [0.3, 0.4) is 0 Å². The van der Waals surface area contributed by atoms with Crippen LogP contribution in [0.1, 0.15) is 30.9 Å². The average molecular weight is 272 g/mol. The van der Waals surface area contributed by atoms with Crippen LogP contribution in [0.4, 0.5) is 0 Å². The van der Waals surface area contributed by atoms with E-state index in [1.807, 2.05) is 0 Å². The van der Waals surface area contributed by atoms with Crippen LogP contribution in [0.25, 0.3) is 0 Å². The van der Waals surface area contributed by atoms with Crippen molar-refractivity contribution in [2.75, 3.05) is 19.6 Å². The van der Waals surface area contributed by atoms with Gasteiger partial charge in [-0.2, -0.15) is 0 Å².